The van der Waals surface area contributed by atoms with Crippen molar-refractivity contribution in [3.05, 3.63) is 12.7 Å². The summed E-state index contributed by atoms with van der Waals surface area (Å²) >= 11 is 1.75. The highest BCUT2D eigenvalue weighted by atomic mass is 32.2. The van der Waals surface area contributed by atoms with E-state index in [1.54, 1.807) is 11.8 Å². The summed E-state index contributed by atoms with van der Waals surface area (Å²) in [4.78, 5) is 0. The predicted molar refractivity (Wildman–Crippen MR) is 42.3 cm³/mol. The first kappa shape index (κ1) is 8.58. The molecule has 0 aromatic heterocycles. The van der Waals surface area contributed by atoms with Crippen LogP contribution in [0, 0.1) is 17.2 Å². The van der Waals surface area contributed by atoms with Crippen LogP contribution in [0.25, 0.3) is 0 Å². The van der Waals surface area contributed by atoms with Crippen LogP contribution >= 0.6 is 11.8 Å². The van der Waals surface area contributed by atoms with Gasteiger partial charge in [-0.3, -0.25) is 0 Å². The van der Waals surface area contributed by atoms with Crippen molar-refractivity contribution in [2.24, 2.45) is 5.92 Å². The Morgan fingerprint density at radius 2 is 2.56 bits per heavy atom. The zero-order chi connectivity index (χ0) is 7.11. The summed E-state index contributed by atoms with van der Waals surface area (Å²) in [5.41, 5.74) is 0. The molecule has 1 atom stereocenters. The van der Waals surface area contributed by atoms with Crippen molar-refractivity contribution in [1.82, 2.24) is 0 Å². The minimum Gasteiger partial charge on any atom is -0.198 e. The molecule has 0 aromatic rings. The quantitative estimate of drug-likeness (QED) is 0.442. The van der Waals surface area contributed by atoms with Gasteiger partial charge in [0.1, 0.15) is 0 Å². The van der Waals surface area contributed by atoms with Crippen molar-refractivity contribution in [2.45, 2.75) is 6.92 Å². The summed E-state index contributed by atoms with van der Waals surface area (Å²) in [7, 11) is 0. The lowest BCUT2D eigenvalue weighted by atomic mass is 10.3. The van der Waals surface area contributed by atoms with Gasteiger partial charge in [0, 0.05) is 11.5 Å². The standard InChI is InChI=1S/C7H11NS/c1-3-4-9-6-7(2)5-8/h3,7H,1,4,6H2,2H3. The van der Waals surface area contributed by atoms with Crippen LogP contribution in [0.1, 0.15) is 6.92 Å². The number of nitriles is 1. The smallest absolute Gasteiger partial charge is 0.0661 e. The van der Waals surface area contributed by atoms with Crippen LogP contribution in [0.4, 0.5) is 0 Å². The first-order chi connectivity index (χ1) is 4.31. The normalized spacial score (nSPS) is 12.0. The first-order valence-corrected chi connectivity index (χ1v) is 4.05. The fourth-order valence-electron chi connectivity index (χ4n) is 0.365. The zero-order valence-electron chi connectivity index (χ0n) is 5.63. The molecule has 0 saturated heterocycles. The molecule has 2 heteroatoms. The molecule has 0 bridgehead atoms. The molecule has 0 aliphatic rings. The van der Waals surface area contributed by atoms with E-state index in [0.717, 1.165) is 11.5 Å². The lowest BCUT2D eigenvalue weighted by Gasteiger charge is -1.97. The van der Waals surface area contributed by atoms with E-state index >= 15 is 0 Å². The molecule has 9 heavy (non-hydrogen) atoms. The van der Waals surface area contributed by atoms with Crippen molar-refractivity contribution in [1.29, 1.82) is 5.26 Å². The van der Waals surface area contributed by atoms with E-state index in [1.807, 2.05) is 13.0 Å². The molecule has 1 nitrogen and oxygen atoms in total. The van der Waals surface area contributed by atoms with Crippen LogP contribution in [-0.4, -0.2) is 11.5 Å². The van der Waals surface area contributed by atoms with Gasteiger partial charge in [0.05, 0.1) is 12.0 Å². The molecule has 0 N–H and O–H groups in total. The van der Waals surface area contributed by atoms with Crippen LogP contribution in [0.3, 0.4) is 0 Å². The molecule has 50 valence electrons. The number of rotatable bonds is 4. The molecule has 0 heterocycles. The Balaban J connectivity index is 3.08. The monoisotopic (exact) mass is 141 g/mol. The molecule has 0 saturated carbocycles. The van der Waals surface area contributed by atoms with E-state index in [-0.39, 0.29) is 5.92 Å². The summed E-state index contributed by atoms with van der Waals surface area (Å²) in [6.07, 6.45) is 1.86. The summed E-state index contributed by atoms with van der Waals surface area (Å²) < 4.78 is 0. The van der Waals surface area contributed by atoms with Gasteiger partial charge in [-0.15, -0.1) is 6.58 Å². The molecule has 1 unspecified atom stereocenters. The Hall–Kier alpha value is -0.420. The van der Waals surface area contributed by atoms with Gasteiger partial charge in [-0.1, -0.05) is 6.08 Å². The van der Waals surface area contributed by atoms with E-state index in [0.29, 0.717) is 0 Å². The van der Waals surface area contributed by atoms with Crippen molar-refractivity contribution in [3.8, 4) is 6.07 Å². The van der Waals surface area contributed by atoms with Crippen molar-refractivity contribution >= 4 is 11.8 Å². The summed E-state index contributed by atoms with van der Waals surface area (Å²) in [5.74, 6) is 2.05. The fourth-order valence-corrected chi connectivity index (χ4v) is 1.10. The van der Waals surface area contributed by atoms with Crippen LogP contribution < -0.4 is 0 Å². The second-order valence-corrected chi connectivity index (χ2v) is 2.93. The molecule has 0 radical (unpaired) electrons. The largest absolute Gasteiger partial charge is 0.198 e. The minimum atomic E-state index is 0.176. The molecule has 0 aliphatic carbocycles. The number of hydrogen-bond acceptors (Lipinski definition) is 2. The highest BCUT2D eigenvalue weighted by Crippen LogP contribution is 2.06. The maximum absolute atomic E-state index is 8.34. The lowest BCUT2D eigenvalue weighted by molar-refractivity contribution is 0.865. The van der Waals surface area contributed by atoms with E-state index < -0.39 is 0 Å². The van der Waals surface area contributed by atoms with Crippen LogP contribution in [0.5, 0.6) is 0 Å². The summed E-state index contributed by atoms with van der Waals surface area (Å²) in [6.45, 7) is 5.51. The van der Waals surface area contributed by atoms with E-state index in [4.69, 9.17) is 5.26 Å². The summed E-state index contributed by atoms with van der Waals surface area (Å²) in [5, 5.41) is 8.34. The highest BCUT2D eigenvalue weighted by molar-refractivity contribution is 7.99. The first-order valence-electron chi connectivity index (χ1n) is 2.89. The number of hydrogen-bond donors (Lipinski definition) is 0. The predicted octanol–water partition coefficient (Wildman–Crippen LogP) is 2.07. The van der Waals surface area contributed by atoms with E-state index in [1.165, 1.54) is 0 Å². The Morgan fingerprint density at radius 1 is 1.89 bits per heavy atom. The number of nitrogens with zero attached hydrogens (tertiary/aromatic N) is 1. The van der Waals surface area contributed by atoms with E-state index in [9.17, 15) is 0 Å². The molecule has 0 aliphatic heterocycles. The van der Waals surface area contributed by atoms with Crippen LogP contribution in [0.2, 0.25) is 0 Å². The highest BCUT2D eigenvalue weighted by Gasteiger charge is 1.95. The Morgan fingerprint density at radius 3 is 3.00 bits per heavy atom. The molecule has 0 rings (SSSR count). The van der Waals surface area contributed by atoms with Crippen molar-refractivity contribution in [3.63, 3.8) is 0 Å². The molecule has 0 aromatic carbocycles. The SMILES string of the molecule is C=CCSCC(C)C#N. The molecule has 0 fully saturated rings. The maximum Gasteiger partial charge on any atom is 0.0661 e. The Bertz CT molecular complexity index is 115. The fraction of sp³-hybridized carbons (Fsp3) is 0.571. The number of thioether (sulfide) groups is 1. The summed E-state index contributed by atoms with van der Waals surface area (Å²) in [6, 6.07) is 2.17. The topological polar surface area (TPSA) is 23.8 Å². The van der Waals surface area contributed by atoms with Gasteiger partial charge in [-0.25, -0.2) is 0 Å². The molecular weight excluding hydrogens is 130 g/mol. The van der Waals surface area contributed by atoms with E-state index in [2.05, 4.69) is 12.6 Å². The van der Waals surface area contributed by atoms with Gasteiger partial charge in [-0.05, 0) is 6.92 Å². The Kier molecular flexibility index (Phi) is 5.45. The molecule has 0 amide bonds. The van der Waals surface area contributed by atoms with Gasteiger partial charge in [0.15, 0.2) is 0 Å². The third-order valence-corrected chi connectivity index (χ3v) is 2.03. The second-order valence-electron chi connectivity index (χ2n) is 1.86. The van der Waals surface area contributed by atoms with Gasteiger partial charge in [0.25, 0.3) is 0 Å². The minimum absolute atomic E-state index is 0.176. The lowest BCUT2D eigenvalue weighted by Crippen LogP contribution is -1.93. The van der Waals surface area contributed by atoms with Crippen LogP contribution in [0.15, 0.2) is 12.7 Å². The Labute approximate surface area is 60.8 Å². The third kappa shape index (κ3) is 5.45. The van der Waals surface area contributed by atoms with Gasteiger partial charge in [0.2, 0.25) is 0 Å². The van der Waals surface area contributed by atoms with Gasteiger partial charge in [-0.2, -0.15) is 17.0 Å². The van der Waals surface area contributed by atoms with Gasteiger partial charge >= 0.3 is 0 Å². The maximum atomic E-state index is 8.34. The van der Waals surface area contributed by atoms with Crippen LogP contribution in [-0.2, 0) is 0 Å². The molecule has 0 spiro atoms. The average Bonchev–Trinajstić information content (AvgIpc) is 1.89. The molecular formula is C7H11NS. The van der Waals surface area contributed by atoms with Crippen molar-refractivity contribution < 1.29 is 0 Å². The average molecular weight is 141 g/mol. The van der Waals surface area contributed by atoms with Crippen molar-refractivity contribution in [2.75, 3.05) is 11.5 Å². The van der Waals surface area contributed by atoms with Gasteiger partial charge < -0.3 is 0 Å². The second kappa shape index (κ2) is 5.71. The third-order valence-electron chi connectivity index (χ3n) is 0.824. The zero-order valence-corrected chi connectivity index (χ0v) is 6.45.